The maximum atomic E-state index is 12.2. The van der Waals surface area contributed by atoms with E-state index in [1.54, 1.807) is 26.3 Å². The number of aryl methyl sites for hydroxylation is 1. The van der Waals surface area contributed by atoms with Gasteiger partial charge in [0.1, 0.15) is 5.75 Å². The van der Waals surface area contributed by atoms with Crippen molar-refractivity contribution >= 4 is 11.9 Å². The van der Waals surface area contributed by atoms with Crippen molar-refractivity contribution in [3.05, 3.63) is 53.6 Å². The van der Waals surface area contributed by atoms with Crippen LogP contribution in [0.1, 0.15) is 11.1 Å². The van der Waals surface area contributed by atoms with Crippen molar-refractivity contribution in [2.75, 3.05) is 34.5 Å². The molecule has 0 spiro atoms. The number of likely N-dealkylation sites (N-methyl/N-ethyl adjacent to an activating group) is 1. The summed E-state index contributed by atoms with van der Waals surface area (Å²) in [5.74, 6) is 0.693. The molecule has 0 unspecified atom stereocenters. The molecule has 0 aromatic heterocycles. The Morgan fingerprint density at radius 3 is 2.36 bits per heavy atom. The third-order valence-corrected chi connectivity index (χ3v) is 4.05. The molecule has 0 atom stereocenters. The lowest BCUT2D eigenvalue weighted by Crippen LogP contribution is -2.31. The van der Waals surface area contributed by atoms with E-state index in [2.05, 4.69) is 0 Å². The largest absolute Gasteiger partial charge is 0.496 e. The average Bonchev–Trinajstić information content (AvgIpc) is 2.71. The number of rotatable bonds is 9. The lowest BCUT2D eigenvalue weighted by molar-refractivity contribution is -0.153. The van der Waals surface area contributed by atoms with Crippen LogP contribution in [0.25, 0.3) is 0 Å². The van der Waals surface area contributed by atoms with E-state index in [0.29, 0.717) is 23.8 Å². The van der Waals surface area contributed by atoms with Crippen LogP contribution in [0.5, 0.6) is 17.2 Å². The number of esters is 1. The van der Waals surface area contributed by atoms with Crippen molar-refractivity contribution in [3.8, 4) is 17.2 Å². The zero-order valence-electron chi connectivity index (χ0n) is 16.6. The van der Waals surface area contributed by atoms with Gasteiger partial charge < -0.3 is 23.8 Å². The van der Waals surface area contributed by atoms with Crippen molar-refractivity contribution in [2.45, 2.75) is 13.5 Å². The van der Waals surface area contributed by atoms with Gasteiger partial charge in [-0.2, -0.15) is 0 Å². The third-order valence-electron chi connectivity index (χ3n) is 4.05. The second-order valence-electron chi connectivity index (χ2n) is 6.17. The molecule has 0 N–H and O–H groups in total. The first-order valence-corrected chi connectivity index (χ1v) is 8.73. The summed E-state index contributed by atoms with van der Waals surface area (Å²) in [5.41, 5.74) is 1.87. The van der Waals surface area contributed by atoms with Gasteiger partial charge in [-0.05, 0) is 30.7 Å². The zero-order valence-corrected chi connectivity index (χ0v) is 16.6. The molecule has 0 aliphatic carbocycles. The Bertz CT molecular complexity index is 820. The van der Waals surface area contributed by atoms with Crippen LogP contribution in [-0.4, -0.2) is 51.3 Å². The van der Waals surface area contributed by atoms with Crippen LogP contribution in [0.3, 0.4) is 0 Å². The Morgan fingerprint density at radius 2 is 1.64 bits per heavy atom. The summed E-state index contributed by atoms with van der Waals surface area (Å²) in [7, 11) is 4.73. The number of nitrogens with zero attached hydrogens (tertiary/aromatic N) is 1. The first-order chi connectivity index (χ1) is 13.4. The number of hydrogen-bond acceptors (Lipinski definition) is 6. The van der Waals surface area contributed by atoms with Crippen molar-refractivity contribution in [1.29, 1.82) is 0 Å². The summed E-state index contributed by atoms with van der Waals surface area (Å²) in [6.45, 7) is 1.59. The molecule has 0 heterocycles. The quantitative estimate of drug-likeness (QED) is 0.616. The fourth-order valence-corrected chi connectivity index (χ4v) is 2.50. The number of benzene rings is 2. The van der Waals surface area contributed by atoms with Crippen molar-refractivity contribution in [3.63, 3.8) is 0 Å². The predicted molar refractivity (Wildman–Crippen MR) is 104 cm³/mol. The first kappa shape index (κ1) is 21.1. The highest BCUT2D eigenvalue weighted by atomic mass is 16.6. The molecule has 0 aliphatic heterocycles. The van der Waals surface area contributed by atoms with Gasteiger partial charge in [0.25, 0.3) is 5.91 Å². The number of carbonyl (C=O) groups is 2. The maximum Gasteiger partial charge on any atom is 0.344 e. The molecule has 28 heavy (non-hydrogen) atoms. The molecule has 2 aromatic rings. The van der Waals surface area contributed by atoms with Gasteiger partial charge in [0.05, 0.1) is 14.2 Å². The third kappa shape index (κ3) is 5.90. The van der Waals surface area contributed by atoms with Gasteiger partial charge >= 0.3 is 5.97 Å². The Balaban J connectivity index is 1.81. The van der Waals surface area contributed by atoms with E-state index in [0.717, 1.165) is 11.1 Å². The molecule has 7 nitrogen and oxygen atoms in total. The minimum absolute atomic E-state index is 0.317. The fraction of sp³-hybridized carbons (Fsp3) is 0.333. The van der Waals surface area contributed by atoms with Crippen molar-refractivity contribution in [2.24, 2.45) is 0 Å². The monoisotopic (exact) mass is 387 g/mol. The second kappa shape index (κ2) is 10.2. The minimum atomic E-state index is -0.637. The van der Waals surface area contributed by atoms with Gasteiger partial charge in [0.15, 0.2) is 24.7 Å². The van der Waals surface area contributed by atoms with E-state index in [4.69, 9.17) is 18.9 Å². The van der Waals surface area contributed by atoms with Crippen LogP contribution in [0.15, 0.2) is 42.5 Å². The van der Waals surface area contributed by atoms with Crippen molar-refractivity contribution in [1.82, 2.24) is 4.90 Å². The Hall–Kier alpha value is -3.22. The highest BCUT2D eigenvalue weighted by Gasteiger charge is 2.15. The standard InChI is InChI=1S/C21H25NO6/c1-15-9-10-18(19(11-15)26-4)27-14-21(24)28-13-20(23)22(2)12-16-7-5-6-8-17(16)25-3/h5-11H,12-14H2,1-4H3. The van der Waals surface area contributed by atoms with E-state index in [9.17, 15) is 9.59 Å². The number of hydrogen-bond donors (Lipinski definition) is 0. The minimum Gasteiger partial charge on any atom is -0.496 e. The topological polar surface area (TPSA) is 74.3 Å². The van der Waals surface area contributed by atoms with E-state index in [1.165, 1.54) is 12.0 Å². The molecule has 2 rings (SSSR count). The predicted octanol–water partition coefficient (Wildman–Crippen LogP) is 2.59. The van der Waals surface area contributed by atoms with Crippen LogP contribution in [0.2, 0.25) is 0 Å². The number of ether oxygens (including phenoxy) is 4. The summed E-state index contributed by atoms with van der Waals surface area (Å²) in [6, 6.07) is 12.8. The molecule has 0 aliphatic rings. The molecule has 0 fully saturated rings. The van der Waals surface area contributed by atoms with Gasteiger partial charge in [-0.25, -0.2) is 4.79 Å². The smallest absolute Gasteiger partial charge is 0.344 e. The summed E-state index contributed by atoms with van der Waals surface area (Å²) in [6.07, 6.45) is 0. The van der Waals surface area contributed by atoms with Gasteiger partial charge in [-0.1, -0.05) is 24.3 Å². The van der Waals surface area contributed by atoms with E-state index < -0.39 is 5.97 Å². The molecule has 7 heteroatoms. The van der Waals surface area contributed by atoms with Gasteiger partial charge in [-0.15, -0.1) is 0 Å². The fourth-order valence-electron chi connectivity index (χ4n) is 2.50. The van der Waals surface area contributed by atoms with Crippen LogP contribution < -0.4 is 14.2 Å². The molecule has 1 amide bonds. The van der Waals surface area contributed by atoms with E-state index in [1.807, 2.05) is 37.3 Å². The summed E-state index contributed by atoms with van der Waals surface area (Å²) < 4.78 is 20.9. The van der Waals surface area contributed by atoms with Crippen LogP contribution >= 0.6 is 0 Å². The molecule has 2 aromatic carbocycles. The van der Waals surface area contributed by atoms with Crippen LogP contribution in [-0.2, 0) is 20.9 Å². The summed E-state index contributed by atoms with van der Waals surface area (Å²) in [5, 5.41) is 0. The molecule has 0 saturated carbocycles. The van der Waals surface area contributed by atoms with Gasteiger partial charge in [-0.3, -0.25) is 4.79 Å². The molecular formula is C21H25NO6. The van der Waals surface area contributed by atoms with E-state index in [-0.39, 0.29) is 19.1 Å². The Kier molecular flexibility index (Phi) is 7.68. The second-order valence-corrected chi connectivity index (χ2v) is 6.17. The Morgan fingerprint density at radius 1 is 0.929 bits per heavy atom. The van der Waals surface area contributed by atoms with E-state index >= 15 is 0 Å². The normalized spacial score (nSPS) is 10.1. The highest BCUT2D eigenvalue weighted by Crippen LogP contribution is 2.27. The summed E-state index contributed by atoms with van der Waals surface area (Å²) >= 11 is 0. The molecule has 0 saturated heterocycles. The van der Waals surface area contributed by atoms with Crippen molar-refractivity contribution < 1.29 is 28.5 Å². The van der Waals surface area contributed by atoms with Crippen LogP contribution in [0, 0.1) is 6.92 Å². The van der Waals surface area contributed by atoms with Gasteiger partial charge in [0.2, 0.25) is 0 Å². The summed E-state index contributed by atoms with van der Waals surface area (Å²) in [4.78, 5) is 25.6. The average molecular weight is 387 g/mol. The zero-order chi connectivity index (χ0) is 20.5. The SMILES string of the molecule is COc1ccccc1CN(C)C(=O)COC(=O)COc1ccc(C)cc1OC. The lowest BCUT2D eigenvalue weighted by Gasteiger charge is -2.18. The Labute approximate surface area is 164 Å². The number of methoxy groups -OCH3 is 2. The number of para-hydroxylation sites is 1. The lowest BCUT2D eigenvalue weighted by atomic mass is 10.2. The first-order valence-electron chi connectivity index (χ1n) is 8.73. The maximum absolute atomic E-state index is 12.2. The molecule has 0 bridgehead atoms. The molecular weight excluding hydrogens is 362 g/mol. The molecule has 0 radical (unpaired) electrons. The number of carbonyl (C=O) groups excluding carboxylic acids is 2. The van der Waals surface area contributed by atoms with Gasteiger partial charge in [0, 0.05) is 19.2 Å². The highest BCUT2D eigenvalue weighted by molar-refractivity contribution is 5.81. The molecule has 150 valence electrons. The van der Waals surface area contributed by atoms with Crippen LogP contribution in [0.4, 0.5) is 0 Å². The number of amides is 1.